The first-order valence-electron chi connectivity index (χ1n) is 13.4. The van der Waals surface area contributed by atoms with E-state index in [1.54, 1.807) is 0 Å². The number of aliphatic hydroxyl groups is 1. The lowest BCUT2D eigenvalue weighted by atomic mass is 10.0. The third-order valence-electron chi connectivity index (χ3n) is 6.18. The molecule has 0 aliphatic carbocycles. The minimum Gasteiger partial charge on any atom is -0.396 e. The molecule has 3 heteroatoms. The van der Waals surface area contributed by atoms with E-state index >= 15 is 0 Å². The molecule has 0 saturated carbocycles. The maximum Gasteiger partial charge on any atom is 0.150 e. The summed E-state index contributed by atoms with van der Waals surface area (Å²) in [6, 6.07) is 1.29. The van der Waals surface area contributed by atoms with Gasteiger partial charge in [0.05, 0.1) is 0 Å². The fourth-order valence-electron chi connectivity index (χ4n) is 4.19. The summed E-state index contributed by atoms with van der Waals surface area (Å²) in [5.74, 6) is 0. The van der Waals surface area contributed by atoms with Gasteiger partial charge in [0.15, 0.2) is 0 Å². The molecule has 0 heterocycles. The Morgan fingerprint density at radius 1 is 0.414 bits per heavy atom. The average molecular weight is 447 g/mol. The Labute approximate surface area is 190 Å². The van der Waals surface area contributed by atoms with Gasteiger partial charge in [-0.25, -0.2) is 0 Å². The van der Waals surface area contributed by atoms with Crippen LogP contribution >= 0.6 is 11.1 Å². The topological polar surface area (TPSA) is 20.2 Å². The van der Waals surface area contributed by atoms with Gasteiger partial charge >= 0.3 is 0 Å². The molecule has 1 nitrogen and oxygen atoms in total. The third kappa shape index (κ3) is 28.5. The molecule has 1 N–H and O–H groups in total. The van der Waals surface area contributed by atoms with Crippen molar-refractivity contribution in [1.29, 1.82) is 0 Å². The molecular formula is C26H55ClOSi. The SMILES string of the molecule is C[Si](C)(Cl)CCCCCCCCCCCCCCCCCCCCCCCCO. The van der Waals surface area contributed by atoms with Gasteiger partial charge in [-0.15, -0.1) is 0 Å². The van der Waals surface area contributed by atoms with E-state index in [-0.39, 0.29) is 0 Å². The molecule has 0 rings (SSSR count). The number of halogens is 1. The maximum absolute atomic E-state index is 8.75. The van der Waals surface area contributed by atoms with E-state index in [2.05, 4.69) is 13.1 Å². The van der Waals surface area contributed by atoms with Crippen molar-refractivity contribution in [1.82, 2.24) is 0 Å². The van der Waals surface area contributed by atoms with Crippen LogP contribution in [0.3, 0.4) is 0 Å². The van der Waals surface area contributed by atoms with Crippen molar-refractivity contribution in [2.75, 3.05) is 6.61 Å². The van der Waals surface area contributed by atoms with E-state index in [9.17, 15) is 0 Å². The summed E-state index contributed by atoms with van der Waals surface area (Å²) >= 11 is 6.36. The molecule has 29 heavy (non-hydrogen) atoms. The first-order valence-corrected chi connectivity index (χ1v) is 17.6. The Balaban J connectivity index is 3.02. The molecule has 0 amide bonds. The number of hydrogen-bond donors (Lipinski definition) is 1. The van der Waals surface area contributed by atoms with Crippen LogP contribution in [0.5, 0.6) is 0 Å². The van der Waals surface area contributed by atoms with Crippen LogP contribution in [-0.2, 0) is 0 Å². The summed E-state index contributed by atoms with van der Waals surface area (Å²) < 4.78 is 0. The number of unbranched alkanes of at least 4 members (excludes halogenated alkanes) is 21. The van der Waals surface area contributed by atoms with Gasteiger partial charge in [0, 0.05) is 6.61 Å². The Morgan fingerprint density at radius 2 is 0.621 bits per heavy atom. The monoisotopic (exact) mass is 446 g/mol. The van der Waals surface area contributed by atoms with E-state index in [0.717, 1.165) is 6.42 Å². The predicted octanol–water partition coefficient (Wildman–Crippen LogP) is 10.0. The normalized spacial score (nSPS) is 12.0. The van der Waals surface area contributed by atoms with Crippen LogP contribution in [0.4, 0.5) is 0 Å². The summed E-state index contributed by atoms with van der Waals surface area (Å²) in [5.41, 5.74) is 0. The lowest BCUT2D eigenvalue weighted by Crippen LogP contribution is -2.14. The van der Waals surface area contributed by atoms with E-state index in [1.807, 2.05) is 0 Å². The van der Waals surface area contributed by atoms with E-state index in [4.69, 9.17) is 16.2 Å². The van der Waals surface area contributed by atoms with Crippen molar-refractivity contribution in [3.63, 3.8) is 0 Å². The molecule has 0 aliphatic rings. The first kappa shape index (κ1) is 29.5. The van der Waals surface area contributed by atoms with Gasteiger partial charge in [-0.1, -0.05) is 148 Å². The minimum atomic E-state index is -1.31. The zero-order valence-corrected chi connectivity index (χ0v) is 22.1. The van der Waals surface area contributed by atoms with Gasteiger partial charge in [0.1, 0.15) is 7.38 Å². The second kappa shape index (κ2) is 23.1. The van der Waals surface area contributed by atoms with Crippen molar-refractivity contribution in [3.8, 4) is 0 Å². The lowest BCUT2D eigenvalue weighted by Gasteiger charge is -2.11. The first-order chi connectivity index (χ1) is 14.1. The van der Waals surface area contributed by atoms with Gasteiger partial charge in [-0.05, 0) is 12.5 Å². The molecule has 0 saturated heterocycles. The van der Waals surface area contributed by atoms with E-state index in [1.165, 1.54) is 141 Å². The van der Waals surface area contributed by atoms with Crippen LogP contribution in [0.1, 0.15) is 141 Å². The smallest absolute Gasteiger partial charge is 0.150 e. The molecule has 0 radical (unpaired) electrons. The number of rotatable bonds is 24. The largest absolute Gasteiger partial charge is 0.396 e. The zero-order valence-electron chi connectivity index (χ0n) is 20.3. The highest BCUT2D eigenvalue weighted by Gasteiger charge is 2.15. The van der Waals surface area contributed by atoms with Crippen molar-refractivity contribution in [2.45, 2.75) is 160 Å². The Kier molecular flexibility index (Phi) is 23.5. The van der Waals surface area contributed by atoms with Gasteiger partial charge in [0.2, 0.25) is 0 Å². The third-order valence-corrected chi connectivity index (χ3v) is 8.29. The summed E-state index contributed by atoms with van der Waals surface area (Å²) in [6.45, 7) is 4.90. The highest BCUT2D eigenvalue weighted by atomic mass is 35.6. The summed E-state index contributed by atoms with van der Waals surface area (Å²) in [6.07, 6.45) is 30.8. The molecule has 0 aromatic heterocycles. The minimum absolute atomic E-state index is 0.371. The molecule has 0 fully saturated rings. The molecule has 0 aliphatic heterocycles. The maximum atomic E-state index is 8.75. The number of aliphatic hydroxyl groups excluding tert-OH is 1. The Hall–Kier alpha value is 0.467. The molecule has 0 aromatic carbocycles. The van der Waals surface area contributed by atoms with Crippen molar-refractivity contribution in [3.05, 3.63) is 0 Å². The average Bonchev–Trinajstić information content (AvgIpc) is 2.67. The molecule has 176 valence electrons. The predicted molar refractivity (Wildman–Crippen MR) is 137 cm³/mol. The second-order valence-electron chi connectivity index (χ2n) is 9.97. The molecule has 0 spiro atoms. The number of hydrogen-bond acceptors (Lipinski definition) is 1. The van der Waals surface area contributed by atoms with Crippen molar-refractivity contribution in [2.24, 2.45) is 0 Å². The lowest BCUT2D eigenvalue weighted by molar-refractivity contribution is 0.282. The quantitative estimate of drug-likeness (QED) is 0.0887. The Bertz CT molecular complexity index is 304. The molecule has 0 atom stereocenters. The van der Waals surface area contributed by atoms with Crippen LogP contribution in [-0.4, -0.2) is 19.1 Å². The van der Waals surface area contributed by atoms with Crippen molar-refractivity contribution >= 4 is 18.5 Å². The fourth-order valence-corrected chi connectivity index (χ4v) is 5.68. The van der Waals surface area contributed by atoms with E-state index in [0.29, 0.717) is 6.61 Å². The van der Waals surface area contributed by atoms with Crippen LogP contribution in [0, 0.1) is 0 Å². The van der Waals surface area contributed by atoms with E-state index < -0.39 is 7.38 Å². The van der Waals surface area contributed by atoms with Crippen LogP contribution in [0.15, 0.2) is 0 Å². The molecular weight excluding hydrogens is 392 g/mol. The highest BCUT2D eigenvalue weighted by Crippen LogP contribution is 2.19. The van der Waals surface area contributed by atoms with Gasteiger partial charge in [-0.2, -0.15) is 11.1 Å². The summed E-state index contributed by atoms with van der Waals surface area (Å²) in [7, 11) is -1.31. The van der Waals surface area contributed by atoms with Gasteiger partial charge in [-0.3, -0.25) is 0 Å². The van der Waals surface area contributed by atoms with Crippen LogP contribution in [0.2, 0.25) is 19.1 Å². The summed E-state index contributed by atoms with van der Waals surface area (Å²) in [4.78, 5) is 0. The van der Waals surface area contributed by atoms with Gasteiger partial charge < -0.3 is 5.11 Å². The second-order valence-corrected chi connectivity index (χ2v) is 17.0. The summed E-state index contributed by atoms with van der Waals surface area (Å²) in [5, 5.41) is 8.75. The Morgan fingerprint density at radius 3 is 0.828 bits per heavy atom. The zero-order chi connectivity index (χ0) is 21.5. The molecule has 0 bridgehead atoms. The highest BCUT2D eigenvalue weighted by molar-refractivity contribution is 7.19. The van der Waals surface area contributed by atoms with Crippen molar-refractivity contribution < 1.29 is 5.11 Å². The van der Waals surface area contributed by atoms with Crippen LogP contribution in [0.25, 0.3) is 0 Å². The fraction of sp³-hybridized carbons (Fsp3) is 1.00. The standard InChI is InChI=1S/C26H55ClOSi/c1-29(2,27)26-24-22-20-18-16-14-12-10-8-6-4-3-5-7-9-11-13-15-17-19-21-23-25-28/h28H,3-26H2,1-2H3. The molecule has 0 unspecified atom stereocenters. The molecule has 0 aromatic rings. The van der Waals surface area contributed by atoms with Crippen LogP contribution < -0.4 is 0 Å². The van der Waals surface area contributed by atoms with Gasteiger partial charge in [0.25, 0.3) is 0 Å².